The molecule has 0 aliphatic rings. The highest BCUT2D eigenvalue weighted by atomic mass is 16.3. The van der Waals surface area contributed by atoms with Gasteiger partial charge in [-0.1, -0.05) is 0 Å². The van der Waals surface area contributed by atoms with Crippen LogP contribution in [0.25, 0.3) is 0 Å². The molecule has 0 spiro atoms. The van der Waals surface area contributed by atoms with E-state index < -0.39 is 17.0 Å². The Hall–Kier alpha value is -2.37. The Morgan fingerprint density at radius 1 is 1.33 bits per heavy atom. The number of hydrogen-bond donors (Lipinski definition) is 0. The zero-order valence-corrected chi connectivity index (χ0v) is 9.83. The molecular weight excluding hydrogens is 236 g/mol. The zero-order valence-electron chi connectivity index (χ0n) is 9.83. The molecule has 0 saturated carbocycles. The first-order valence-corrected chi connectivity index (χ1v) is 5.50. The highest BCUT2D eigenvalue weighted by Crippen LogP contribution is 2.01. The summed E-state index contributed by atoms with van der Waals surface area (Å²) in [4.78, 5) is 35.2. The van der Waals surface area contributed by atoms with Crippen molar-refractivity contribution >= 4 is 5.78 Å². The summed E-state index contributed by atoms with van der Waals surface area (Å²) < 4.78 is 7.19. The van der Waals surface area contributed by atoms with Gasteiger partial charge in [-0.25, -0.2) is 4.79 Å². The Kier molecular flexibility index (Phi) is 3.27. The molecule has 2 heterocycles. The molecule has 2 aromatic rings. The number of Topliss-reactive ketones (excluding diaryl/α,β-unsaturated/α-hetero) is 1. The Morgan fingerprint density at radius 2 is 2.11 bits per heavy atom. The van der Waals surface area contributed by atoms with Crippen LogP contribution < -0.4 is 11.2 Å². The van der Waals surface area contributed by atoms with Crippen LogP contribution in [0.4, 0.5) is 0 Å². The standard InChI is InChI=1S/C12H12N2O4/c1-2-13-6-5-11(16)14(12(13)17)8-9(15)10-4-3-7-18-10/h3-7H,2,8H2,1H3. The van der Waals surface area contributed by atoms with Gasteiger partial charge in [0.05, 0.1) is 12.8 Å². The molecule has 6 nitrogen and oxygen atoms in total. The van der Waals surface area contributed by atoms with Crippen molar-refractivity contribution in [2.45, 2.75) is 20.0 Å². The van der Waals surface area contributed by atoms with E-state index in [-0.39, 0.29) is 12.3 Å². The van der Waals surface area contributed by atoms with Crippen LogP contribution in [0.1, 0.15) is 17.5 Å². The molecule has 0 fully saturated rings. The summed E-state index contributed by atoms with van der Waals surface area (Å²) >= 11 is 0. The number of aryl methyl sites for hydroxylation is 1. The van der Waals surface area contributed by atoms with Crippen LogP contribution in [0.5, 0.6) is 0 Å². The fourth-order valence-electron chi connectivity index (χ4n) is 1.60. The molecule has 0 radical (unpaired) electrons. The summed E-state index contributed by atoms with van der Waals surface area (Å²) in [6.07, 6.45) is 2.78. The third kappa shape index (κ3) is 2.17. The highest BCUT2D eigenvalue weighted by Gasteiger charge is 2.13. The maximum Gasteiger partial charge on any atom is 0.331 e. The van der Waals surface area contributed by atoms with E-state index in [2.05, 4.69) is 0 Å². The van der Waals surface area contributed by atoms with Gasteiger partial charge in [0.1, 0.15) is 0 Å². The van der Waals surface area contributed by atoms with Gasteiger partial charge in [0.2, 0.25) is 5.78 Å². The van der Waals surface area contributed by atoms with E-state index in [4.69, 9.17) is 4.42 Å². The molecule has 0 aromatic carbocycles. The molecule has 0 N–H and O–H groups in total. The number of carbonyl (C=O) groups is 1. The smallest absolute Gasteiger partial charge is 0.331 e. The molecule has 0 unspecified atom stereocenters. The first-order chi connectivity index (χ1) is 8.63. The maximum absolute atomic E-state index is 11.9. The van der Waals surface area contributed by atoms with E-state index in [0.29, 0.717) is 6.54 Å². The van der Waals surface area contributed by atoms with Crippen molar-refractivity contribution < 1.29 is 9.21 Å². The number of carbonyl (C=O) groups excluding carboxylic acids is 1. The van der Waals surface area contributed by atoms with Gasteiger partial charge in [-0.2, -0.15) is 0 Å². The normalized spacial score (nSPS) is 10.5. The lowest BCUT2D eigenvalue weighted by molar-refractivity contribution is 0.0941. The topological polar surface area (TPSA) is 74.2 Å². The second kappa shape index (κ2) is 4.87. The van der Waals surface area contributed by atoms with Crippen LogP contribution in [-0.2, 0) is 13.1 Å². The number of rotatable bonds is 4. The third-order valence-corrected chi connectivity index (χ3v) is 2.58. The summed E-state index contributed by atoms with van der Waals surface area (Å²) in [6, 6.07) is 4.33. The zero-order chi connectivity index (χ0) is 13.1. The lowest BCUT2D eigenvalue weighted by Gasteiger charge is -2.06. The van der Waals surface area contributed by atoms with Crippen molar-refractivity contribution in [1.29, 1.82) is 0 Å². The molecular formula is C12H12N2O4. The van der Waals surface area contributed by atoms with Crippen LogP contribution >= 0.6 is 0 Å². The number of aromatic nitrogens is 2. The summed E-state index contributed by atoms with van der Waals surface area (Å²) in [5.41, 5.74) is -0.991. The average molecular weight is 248 g/mol. The van der Waals surface area contributed by atoms with E-state index in [1.807, 2.05) is 0 Å². The van der Waals surface area contributed by atoms with E-state index in [1.165, 1.54) is 29.2 Å². The van der Waals surface area contributed by atoms with Crippen molar-refractivity contribution in [3.8, 4) is 0 Å². The van der Waals surface area contributed by atoms with Gasteiger partial charge in [0.25, 0.3) is 5.56 Å². The average Bonchev–Trinajstić information content (AvgIpc) is 2.88. The predicted molar refractivity (Wildman–Crippen MR) is 63.7 cm³/mol. The van der Waals surface area contributed by atoms with Gasteiger partial charge in [-0.3, -0.25) is 14.2 Å². The largest absolute Gasteiger partial charge is 0.461 e. The van der Waals surface area contributed by atoms with Gasteiger partial charge < -0.3 is 8.98 Å². The molecule has 2 rings (SSSR count). The number of hydrogen-bond acceptors (Lipinski definition) is 4. The predicted octanol–water partition coefficient (Wildman–Crippen LogP) is 0.506. The third-order valence-electron chi connectivity index (χ3n) is 2.58. The molecule has 0 saturated heterocycles. The minimum absolute atomic E-state index is 0.133. The van der Waals surface area contributed by atoms with Gasteiger partial charge in [-0.15, -0.1) is 0 Å². The maximum atomic E-state index is 11.9. The number of furan rings is 1. The molecule has 0 aliphatic carbocycles. The summed E-state index contributed by atoms with van der Waals surface area (Å²) in [7, 11) is 0. The van der Waals surface area contributed by atoms with Crippen LogP contribution in [0, 0.1) is 0 Å². The lowest BCUT2D eigenvalue weighted by Crippen LogP contribution is -2.40. The Bertz CT molecular complexity index is 664. The minimum Gasteiger partial charge on any atom is -0.461 e. The second-order valence-corrected chi connectivity index (χ2v) is 3.71. The van der Waals surface area contributed by atoms with Crippen LogP contribution in [-0.4, -0.2) is 14.9 Å². The molecule has 94 valence electrons. The fraction of sp³-hybridized carbons (Fsp3) is 0.250. The number of ketones is 1. The van der Waals surface area contributed by atoms with Gasteiger partial charge in [0, 0.05) is 18.8 Å². The first-order valence-electron chi connectivity index (χ1n) is 5.50. The van der Waals surface area contributed by atoms with Crippen molar-refractivity contribution in [2.24, 2.45) is 0 Å². The SMILES string of the molecule is CCn1ccc(=O)n(CC(=O)c2ccco2)c1=O. The van der Waals surface area contributed by atoms with Gasteiger partial charge in [-0.05, 0) is 19.1 Å². The summed E-state index contributed by atoms with van der Waals surface area (Å²) in [5, 5.41) is 0. The van der Waals surface area contributed by atoms with E-state index >= 15 is 0 Å². The Morgan fingerprint density at radius 3 is 2.72 bits per heavy atom. The van der Waals surface area contributed by atoms with Crippen LogP contribution in [0.15, 0.2) is 44.7 Å². The molecule has 18 heavy (non-hydrogen) atoms. The summed E-state index contributed by atoms with van der Waals surface area (Å²) in [6.45, 7) is 1.91. The van der Waals surface area contributed by atoms with Crippen molar-refractivity contribution in [3.63, 3.8) is 0 Å². The second-order valence-electron chi connectivity index (χ2n) is 3.71. The first kappa shape index (κ1) is 12.1. The van der Waals surface area contributed by atoms with Crippen molar-refractivity contribution in [1.82, 2.24) is 9.13 Å². The molecule has 2 aromatic heterocycles. The van der Waals surface area contributed by atoms with Crippen molar-refractivity contribution in [3.05, 3.63) is 57.3 Å². The molecule has 6 heteroatoms. The highest BCUT2D eigenvalue weighted by molar-refractivity contribution is 5.93. The van der Waals surface area contributed by atoms with Gasteiger partial charge >= 0.3 is 5.69 Å². The monoisotopic (exact) mass is 248 g/mol. The van der Waals surface area contributed by atoms with Crippen molar-refractivity contribution in [2.75, 3.05) is 0 Å². The van der Waals surface area contributed by atoms with Crippen LogP contribution in [0.2, 0.25) is 0 Å². The van der Waals surface area contributed by atoms with Gasteiger partial charge in [0.15, 0.2) is 5.76 Å². The van der Waals surface area contributed by atoms with Crippen LogP contribution in [0.3, 0.4) is 0 Å². The Balaban J connectivity index is 2.38. The lowest BCUT2D eigenvalue weighted by atomic mass is 10.3. The minimum atomic E-state index is -0.496. The van der Waals surface area contributed by atoms with E-state index in [9.17, 15) is 14.4 Å². The fourth-order valence-corrected chi connectivity index (χ4v) is 1.60. The molecule has 0 bridgehead atoms. The number of nitrogens with zero attached hydrogens (tertiary/aromatic N) is 2. The summed E-state index contributed by atoms with van der Waals surface area (Å²) in [5.74, 6) is -0.277. The quantitative estimate of drug-likeness (QED) is 0.739. The van der Waals surface area contributed by atoms with E-state index in [0.717, 1.165) is 4.57 Å². The molecule has 0 amide bonds. The molecule has 0 aliphatic heterocycles. The van der Waals surface area contributed by atoms with E-state index in [1.54, 1.807) is 13.0 Å². The Labute approximate surface area is 102 Å². The molecule has 0 atom stereocenters.